The molecule has 0 aromatic heterocycles. The fourth-order valence-corrected chi connectivity index (χ4v) is 2.43. The highest BCUT2D eigenvalue weighted by atomic mass is 79.9. The molecule has 0 bridgehead atoms. The molecular weight excluding hydrogens is 294 g/mol. The molecule has 1 aliphatic heterocycles. The van der Waals surface area contributed by atoms with Crippen molar-refractivity contribution in [1.82, 2.24) is 5.32 Å². The number of carbonyl (C=O) groups is 1. The van der Waals surface area contributed by atoms with E-state index >= 15 is 0 Å². The van der Waals surface area contributed by atoms with Crippen LogP contribution in [0.2, 0.25) is 0 Å². The van der Waals surface area contributed by atoms with Crippen molar-refractivity contribution in [2.75, 3.05) is 13.2 Å². The van der Waals surface area contributed by atoms with Crippen LogP contribution >= 0.6 is 15.9 Å². The van der Waals surface area contributed by atoms with Gasteiger partial charge in [0.2, 0.25) is 0 Å². The van der Waals surface area contributed by atoms with Crippen molar-refractivity contribution >= 4 is 21.8 Å². The summed E-state index contributed by atoms with van der Waals surface area (Å²) >= 11 is 3.44. The van der Waals surface area contributed by atoms with Gasteiger partial charge >= 0.3 is 0 Å². The molecule has 2 rings (SSSR count). The molecule has 18 heavy (non-hydrogen) atoms. The summed E-state index contributed by atoms with van der Waals surface area (Å²) in [4.78, 5) is 11.9. The number of amides is 1. The third-order valence-electron chi connectivity index (χ3n) is 3.21. The molecule has 1 N–H and O–H groups in total. The first-order valence-corrected chi connectivity index (χ1v) is 7.12. The summed E-state index contributed by atoms with van der Waals surface area (Å²) in [5, 5.41) is 2.93. The van der Waals surface area contributed by atoms with Crippen LogP contribution in [0, 0.1) is 6.92 Å². The number of benzene rings is 1. The van der Waals surface area contributed by atoms with E-state index in [1.165, 1.54) is 0 Å². The van der Waals surface area contributed by atoms with Gasteiger partial charge in [-0.3, -0.25) is 4.79 Å². The Balaban J connectivity index is 1.81. The van der Waals surface area contributed by atoms with E-state index in [2.05, 4.69) is 21.2 Å². The molecule has 1 atom stereocenters. The van der Waals surface area contributed by atoms with E-state index in [0.717, 1.165) is 35.9 Å². The van der Waals surface area contributed by atoms with E-state index in [-0.39, 0.29) is 5.91 Å². The zero-order valence-corrected chi connectivity index (χ0v) is 12.1. The Hall–Kier alpha value is -0.870. The number of halogens is 1. The predicted molar refractivity (Wildman–Crippen MR) is 74.8 cm³/mol. The first-order chi connectivity index (χ1) is 8.66. The van der Waals surface area contributed by atoms with Crippen LogP contribution in [0.1, 0.15) is 35.2 Å². The third-order valence-corrected chi connectivity index (χ3v) is 4.06. The van der Waals surface area contributed by atoms with Crippen LogP contribution < -0.4 is 5.32 Å². The average Bonchev–Trinajstić information content (AvgIpc) is 2.85. The summed E-state index contributed by atoms with van der Waals surface area (Å²) in [6.07, 6.45) is 3.49. The van der Waals surface area contributed by atoms with Crippen LogP contribution in [0.15, 0.2) is 22.7 Å². The highest BCUT2D eigenvalue weighted by Crippen LogP contribution is 2.18. The zero-order valence-electron chi connectivity index (χ0n) is 10.5. The van der Waals surface area contributed by atoms with E-state index in [1.807, 2.05) is 25.1 Å². The minimum atomic E-state index is -0.0197. The Morgan fingerprint density at radius 1 is 1.56 bits per heavy atom. The van der Waals surface area contributed by atoms with Gasteiger partial charge in [0.1, 0.15) is 0 Å². The smallest absolute Gasteiger partial charge is 0.251 e. The maximum absolute atomic E-state index is 11.9. The highest BCUT2D eigenvalue weighted by Gasteiger charge is 2.15. The Labute approximate surface area is 116 Å². The third kappa shape index (κ3) is 3.56. The van der Waals surface area contributed by atoms with E-state index in [0.29, 0.717) is 18.2 Å². The summed E-state index contributed by atoms with van der Waals surface area (Å²) in [5.74, 6) is -0.0197. The predicted octanol–water partition coefficient (Wildman–Crippen LogP) is 3.06. The quantitative estimate of drug-likeness (QED) is 0.928. The van der Waals surface area contributed by atoms with E-state index in [1.54, 1.807) is 0 Å². The standard InChI is InChI=1S/C14H18BrNO2/c1-10-4-5-11(9-13(10)15)14(17)16-7-6-12-3-2-8-18-12/h4-5,9,12H,2-3,6-8H2,1H3,(H,16,17). The number of ether oxygens (including phenoxy) is 1. The SMILES string of the molecule is Cc1ccc(C(=O)NCCC2CCCO2)cc1Br. The summed E-state index contributed by atoms with van der Waals surface area (Å²) in [5.41, 5.74) is 1.82. The topological polar surface area (TPSA) is 38.3 Å². The van der Waals surface area contributed by atoms with Gasteiger partial charge in [-0.15, -0.1) is 0 Å². The second-order valence-corrected chi connectivity index (χ2v) is 5.50. The molecule has 0 saturated carbocycles. The lowest BCUT2D eigenvalue weighted by atomic mass is 10.1. The van der Waals surface area contributed by atoms with E-state index < -0.39 is 0 Å². The second-order valence-electron chi connectivity index (χ2n) is 4.64. The molecule has 0 spiro atoms. The maximum atomic E-state index is 11.9. The largest absolute Gasteiger partial charge is 0.378 e. The number of aryl methyl sites for hydroxylation is 1. The average molecular weight is 312 g/mol. The van der Waals surface area contributed by atoms with Crippen molar-refractivity contribution in [3.05, 3.63) is 33.8 Å². The molecule has 1 aromatic rings. The number of hydrogen-bond donors (Lipinski definition) is 1. The van der Waals surface area contributed by atoms with Gasteiger partial charge in [0.25, 0.3) is 5.91 Å². The number of nitrogens with one attached hydrogen (secondary N) is 1. The van der Waals surface area contributed by atoms with Crippen molar-refractivity contribution < 1.29 is 9.53 Å². The number of rotatable bonds is 4. The maximum Gasteiger partial charge on any atom is 0.251 e. The van der Waals surface area contributed by atoms with Crippen LogP contribution in [-0.4, -0.2) is 25.2 Å². The van der Waals surface area contributed by atoms with Crippen LogP contribution in [0.3, 0.4) is 0 Å². The van der Waals surface area contributed by atoms with Crippen molar-refractivity contribution in [3.8, 4) is 0 Å². The zero-order chi connectivity index (χ0) is 13.0. The van der Waals surface area contributed by atoms with Gasteiger partial charge in [-0.2, -0.15) is 0 Å². The normalized spacial score (nSPS) is 18.9. The second kappa shape index (κ2) is 6.34. The van der Waals surface area contributed by atoms with Gasteiger partial charge in [-0.05, 0) is 43.9 Å². The van der Waals surface area contributed by atoms with Gasteiger partial charge in [0.15, 0.2) is 0 Å². The molecule has 1 heterocycles. The van der Waals surface area contributed by atoms with Gasteiger partial charge in [0, 0.05) is 23.2 Å². The minimum absolute atomic E-state index is 0.0197. The van der Waals surface area contributed by atoms with Crippen molar-refractivity contribution in [3.63, 3.8) is 0 Å². The summed E-state index contributed by atoms with van der Waals surface area (Å²) in [6, 6.07) is 5.65. The van der Waals surface area contributed by atoms with Crippen LogP contribution in [0.5, 0.6) is 0 Å². The first kappa shape index (κ1) is 13.6. The van der Waals surface area contributed by atoms with Crippen LogP contribution in [0.25, 0.3) is 0 Å². The number of hydrogen-bond acceptors (Lipinski definition) is 2. The Morgan fingerprint density at radius 3 is 3.06 bits per heavy atom. The molecule has 98 valence electrons. The van der Waals surface area contributed by atoms with Crippen molar-refractivity contribution in [2.45, 2.75) is 32.3 Å². The molecule has 1 aromatic carbocycles. The fourth-order valence-electron chi connectivity index (χ4n) is 2.05. The molecule has 0 aliphatic carbocycles. The molecule has 1 amide bonds. The van der Waals surface area contributed by atoms with Crippen LogP contribution in [0.4, 0.5) is 0 Å². The van der Waals surface area contributed by atoms with Crippen molar-refractivity contribution in [2.24, 2.45) is 0 Å². The van der Waals surface area contributed by atoms with Crippen LogP contribution in [-0.2, 0) is 4.74 Å². The minimum Gasteiger partial charge on any atom is -0.378 e. The molecule has 1 unspecified atom stereocenters. The molecule has 1 aliphatic rings. The Kier molecular flexibility index (Phi) is 4.78. The summed E-state index contributed by atoms with van der Waals surface area (Å²) in [6.45, 7) is 3.54. The molecule has 1 fully saturated rings. The highest BCUT2D eigenvalue weighted by molar-refractivity contribution is 9.10. The molecule has 1 saturated heterocycles. The summed E-state index contributed by atoms with van der Waals surface area (Å²) < 4.78 is 6.48. The van der Waals surface area contributed by atoms with E-state index in [9.17, 15) is 4.79 Å². The summed E-state index contributed by atoms with van der Waals surface area (Å²) in [7, 11) is 0. The first-order valence-electron chi connectivity index (χ1n) is 6.33. The van der Waals surface area contributed by atoms with Gasteiger partial charge in [-0.1, -0.05) is 22.0 Å². The molecular formula is C14H18BrNO2. The Morgan fingerprint density at radius 2 is 2.39 bits per heavy atom. The fraction of sp³-hybridized carbons (Fsp3) is 0.500. The van der Waals surface area contributed by atoms with Gasteiger partial charge in [0.05, 0.1) is 6.10 Å². The lowest BCUT2D eigenvalue weighted by Gasteiger charge is -2.10. The van der Waals surface area contributed by atoms with Gasteiger partial charge in [-0.25, -0.2) is 0 Å². The lowest BCUT2D eigenvalue weighted by Crippen LogP contribution is -2.27. The Bertz CT molecular complexity index is 428. The van der Waals surface area contributed by atoms with E-state index in [4.69, 9.17) is 4.74 Å². The number of carbonyl (C=O) groups excluding carboxylic acids is 1. The van der Waals surface area contributed by atoms with Crippen molar-refractivity contribution in [1.29, 1.82) is 0 Å². The molecule has 0 radical (unpaired) electrons. The molecule has 3 nitrogen and oxygen atoms in total. The van der Waals surface area contributed by atoms with Gasteiger partial charge < -0.3 is 10.1 Å². The molecule has 4 heteroatoms. The lowest BCUT2D eigenvalue weighted by molar-refractivity contribution is 0.0907. The monoisotopic (exact) mass is 311 g/mol.